The van der Waals surface area contributed by atoms with E-state index in [9.17, 15) is 8.42 Å². The van der Waals surface area contributed by atoms with Gasteiger partial charge in [-0.25, -0.2) is 13.1 Å². The zero-order valence-electron chi connectivity index (χ0n) is 11.1. The number of hydrogen-bond acceptors (Lipinski definition) is 7. The average molecular weight is 324 g/mol. The monoisotopic (exact) mass is 324 g/mol. The van der Waals surface area contributed by atoms with E-state index in [1.54, 1.807) is 13.0 Å². The van der Waals surface area contributed by atoms with Crippen molar-refractivity contribution in [2.24, 2.45) is 0 Å². The number of aromatic nitrogens is 3. The van der Waals surface area contributed by atoms with Gasteiger partial charge in [0.15, 0.2) is 0 Å². The minimum Gasteiger partial charge on any atom is -0.361 e. The van der Waals surface area contributed by atoms with Crippen LogP contribution in [-0.2, 0) is 22.3 Å². The van der Waals surface area contributed by atoms with Crippen molar-refractivity contribution in [3.63, 3.8) is 0 Å². The van der Waals surface area contributed by atoms with Gasteiger partial charge >= 0.3 is 0 Å². The number of nitrogens with zero attached hydrogens (tertiary/aromatic N) is 3. The second-order valence-electron chi connectivity index (χ2n) is 4.56. The molecule has 2 aromatic heterocycles. The van der Waals surface area contributed by atoms with E-state index in [0.717, 1.165) is 28.3 Å². The lowest BCUT2D eigenvalue weighted by atomic mass is 10.2. The van der Waals surface area contributed by atoms with Gasteiger partial charge in [-0.2, -0.15) is 8.75 Å². The molecule has 7 nitrogen and oxygen atoms in total. The van der Waals surface area contributed by atoms with E-state index < -0.39 is 10.0 Å². The summed E-state index contributed by atoms with van der Waals surface area (Å²) < 4.78 is 39.8. The van der Waals surface area contributed by atoms with Crippen LogP contribution < -0.4 is 4.72 Å². The van der Waals surface area contributed by atoms with Crippen molar-refractivity contribution in [1.29, 1.82) is 0 Å². The van der Waals surface area contributed by atoms with Crippen LogP contribution in [0.25, 0.3) is 11.0 Å². The van der Waals surface area contributed by atoms with Crippen LogP contribution in [0.3, 0.4) is 0 Å². The van der Waals surface area contributed by atoms with Crippen LogP contribution in [-0.4, -0.2) is 22.3 Å². The van der Waals surface area contributed by atoms with Crippen LogP contribution in [0.4, 0.5) is 0 Å². The predicted molar refractivity (Wildman–Crippen MR) is 78.1 cm³/mol. The van der Waals surface area contributed by atoms with Gasteiger partial charge in [0.2, 0.25) is 10.0 Å². The van der Waals surface area contributed by atoms with E-state index in [1.807, 2.05) is 18.2 Å². The molecule has 0 unspecified atom stereocenters. The van der Waals surface area contributed by atoms with Crippen molar-refractivity contribution in [3.05, 3.63) is 41.3 Å². The first-order valence-corrected chi connectivity index (χ1v) is 8.51. The molecule has 0 radical (unpaired) electrons. The Labute approximate surface area is 125 Å². The van der Waals surface area contributed by atoms with E-state index in [1.165, 1.54) is 0 Å². The minimum absolute atomic E-state index is 0.169. The third-order valence-electron chi connectivity index (χ3n) is 2.87. The topological polar surface area (TPSA) is 98.0 Å². The summed E-state index contributed by atoms with van der Waals surface area (Å²) in [4.78, 5) is 0. The van der Waals surface area contributed by atoms with Crippen LogP contribution in [0.15, 0.2) is 28.8 Å². The van der Waals surface area contributed by atoms with Gasteiger partial charge in [0.25, 0.3) is 0 Å². The molecule has 110 valence electrons. The molecule has 0 saturated heterocycles. The maximum Gasteiger partial charge on any atom is 0.217 e. The molecule has 1 aromatic carbocycles. The third kappa shape index (κ3) is 3.26. The van der Waals surface area contributed by atoms with Crippen molar-refractivity contribution in [3.8, 4) is 0 Å². The number of nitrogens with one attached hydrogen (secondary N) is 1. The highest BCUT2D eigenvalue weighted by Gasteiger charge is 2.15. The van der Waals surface area contributed by atoms with Crippen molar-refractivity contribution < 1.29 is 12.9 Å². The average Bonchev–Trinajstić information content (AvgIpc) is 3.05. The number of rotatable bonds is 5. The fourth-order valence-electron chi connectivity index (χ4n) is 1.92. The molecular weight excluding hydrogens is 312 g/mol. The number of fused-ring (bicyclic) bond motifs is 1. The van der Waals surface area contributed by atoms with Gasteiger partial charge in [-0.3, -0.25) is 0 Å². The Bertz CT molecular complexity index is 869. The SMILES string of the molecule is Cc1cc(CS(=O)(=O)NCc2cccc3nsnc23)no1. The van der Waals surface area contributed by atoms with E-state index in [4.69, 9.17) is 4.52 Å². The molecule has 2 heterocycles. The summed E-state index contributed by atoms with van der Waals surface area (Å²) in [5.41, 5.74) is 2.67. The quantitative estimate of drug-likeness (QED) is 0.765. The first-order valence-electron chi connectivity index (χ1n) is 6.13. The second kappa shape index (κ2) is 5.51. The Balaban J connectivity index is 1.73. The van der Waals surface area contributed by atoms with E-state index in [0.29, 0.717) is 11.5 Å². The summed E-state index contributed by atoms with van der Waals surface area (Å²) in [7, 11) is -3.49. The van der Waals surface area contributed by atoms with Crippen molar-refractivity contribution in [1.82, 2.24) is 18.6 Å². The highest BCUT2D eigenvalue weighted by molar-refractivity contribution is 7.88. The smallest absolute Gasteiger partial charge is 0.217 e. The molecule has 0 saturated carbocycles. The zero-order valence-corrected chi connectivity index (χ0v) is 12.7. The van der Waals surface area contributed by atoms with E-state index in [2.05, 4.69) is 18.6 Å². The predicted octanol–water partition coefficient (Wildman–Crippen LogP) is 1.61. The molecule has 0 aliphatic rings. The Kier molecular flexibility index (Phi) is 3.70. The molecule has 3 aromatic rings. The highest BCUT2D eigenvalue weighted by atomic mass is 32.2. The molecule has 9 heteroatoms. The Morgan fingerprint density at radius 1 is 1.33 bits per heavy atom. The Hall–Kier alpha value is -1.84. The molecule has 0 spiro atoms. The lowest BCUT2D eigenvalue weighted by Gasteiger charge is -2.05. The maximum absolute atomic E-state index is 12.0. The van der Waals surface area contributed by atoms with Crippen LogP contribution in [0.1, 0.15) is 17.0 Å². The van der Waals surface area contributed by atoms with Crippen LogP contribution in [0.2, 0.25) is 0 Å². The van der Waals surface area contributed by atoms with Crippen molar-refractivity contribution >= 4 is 32.8 Å². The van der Waals surface area contributed by atoms with Crippen LogP contribution in [0, 0.1) is 6.92 Å². The summed E-state index contributed by atoms with van der Waals surface area (Å²) in [5, 5.41) is 3.68. The summed E-state index contributed by atoms with van der Waals surface area (Å²) in [6.45, 7) is 1.88. The number of sulfonamides is 1. The molecule has 0 aliphatic heterocycles. The summed E-state index contributed by atoms with van der Waals surface area (Å²) >= 11 is 1.11. The minimum atomic E-state index is -3.49. The van der Waals surface area contributed by atoms with Gasteiger partial charge in [-0.05, 0) is 18.6 Å². The molecular formula is C12H12N4O3S2. The number of hydrogen-bond donors (Lipinski definition) is 1. The van der Waals surface area contributed by atoms with Crippen molar-refractivity contribution in [2.45, 2.75) is 19.2 Å². The van der Waals surface area contributed by atoms with Gasteiger partial charge in [-0.1, -0.05) is 17.3 Å². The molecule has 0 atom stereocenters. The summed E-state index contributed by atoms with van der Waals surface area (Å²) in [5.74, 6) is 0.369. The third-order valence-corrected chi connectivity index (χ3v) is 4.67. The second-order valence-corrected chi connectivity index (χ2v) is 6.89. The van der Waals surface area contributed by atoms with Gasteiger partial charge in [0.1, 0.15) is 28.2 Å². The van der Waals surface area contributed by atoms with Gasteiger partial charge in [0, 0.05) is 12.6 Å². The molecule has 0 aliphatic carbocycles. The van der Waals surface area contributed by atoms with E-state index in [-0.39, 0.29) is 12.3 Å². The first kappa shape index (κ1) is 14.1. The standard InChI is InChI=1S/C12H12N4O3S2/c1-8-5-10(14-19-8)7-21(17,18)13-6-9-3-2-4-11-12(9)16-20-15-11/h2-5,13H,6-7H2,1H3. The molecule has 0 bridgehead atoms. The molecule has 0 fully saturated rings. The van der Waals surface area contributed by atoms with Gasteiger partial charge < -0.3 is 4.52 Å². The normalized spacial score (nSPS) is 12.0. The lowest BCUT2D eigenvalue weighted by molar-refractivity contribution is 0.392. The van der Waals surface area contributed by atoms with Gasteiger partial charge in [0.05, 0.1) is 11.7 Å². The zero-order chi connectivity index (χ0) is 14.9. The summed E-state index contributed by atoms with van der Waals surface area (Å²) in [6.07, 6.45) is 0. The van der Waals surface area contributed by atoms with Crippen LogP contribution >= 0.6 is 11.7 Å². The molecule has 21 heavy (non-hydrogen) atoms. The van der Waals surface area contributed by atoms with E-state index >= 15 is 0 Å². The molecule has 1 N–H and O–H groups in total. The molecule has 0 amide bonds. The van der Waals surface area contributed by atoms with Crippen LogP contribution in [0.5, 0.6) is 0 Å². The Morgan fingerprint density at radius 2 is 2.19 bits per heavy atom. The number of aryl methyl sites for hydroxylation is 1. The Morgan fingerprint density at radius 3 is 2.95 bits per heavy atom. The maximum atomic E-state index is 12.0. The first-order chi connectivity index (χ1) is 10.0. The highest BCUT2D eigenvalue weighted by Crippen LogP contribution is 2.16. The summed E-state index contributed by atoms with van der Waals surface area (Å²) in [6, 6.07) is 7.10. The number of benzene rings is 1. The van der Waals surface area contributed by atoms with Crippen molar-refractivity contribution in [2.75, 3.05) is 0 Å². The van der Waals surface area contributed by atoms with Gasteiger partial charge in [-0.15, -0.1) is 0 Å². The fourth-order valence-corrected chi connectivity index (χ4v) is 3.50. The largest absolute Gasteiger partial charge is 0.361 e. The lowest BCUT2D eigenvalue weighted by Crippen LogP contribution is -2.25. The fraction of sp³-hybridized carbons (Fsp3) is 0.250. The molecule has 3 rings (SSSR count).